The summed E-state index contributed by atoms with van der Waals surface area (Å²) in [6.45, 7) is 5.10. The van der Waals surface area contributed by atoms with Crippen molar-refractivity contribution in [3.8, 4) is 11.1 Å². The number of likely N-dealkylation sites (tertiary alicyclic amines) is 1. The second-order valence-electron chi connectivity index (χ2n) is 9.36. The van der Waals surface area contributed by atoms with Crippen LogP contribution in [0.3, 0.4) is 0 Å². The average molecular weight is 465 g/mol. The van der Waals surface area contributed by atoms with Crippen LogP contribution in [0.15, 0.2) is 42.6 Å². The number of hydrogen-bond donors (Lipinski definition) is 1. The predicted molar refractivity (Wildman–Crippen MR) is 127 cm³/mol. The van der Waals surface area contributed by atoms with Crippen LogP contribution in [0.2, 0.25) is 0 Å². The van der Waals surface area contributed by atoms with Crippen LogP contribution in [0.5, 0.6) is 0 Å². The van der Waals surface area contributed by atoms with Gasteiger partial charge in [0.05, 0.1) is 0 Å². The van der Waals surface area contributed by atoms with E-state index in [1.165, 1.54) is 0 Å². The van der Waals surface area contributed by atoms with E-state index in [0.717, 1.165) is 21.7 Å². The number of anilines is 2. The predicted octanol–water partition coefficient (Wildman–Crippen LogP) is 3.33. The lowest BCUT2D eigenvalue weighted by Crippen LogP contribution is -2.47. The van der Waals surface area contributed by atoms with Gasteiger partial charge in [0.2, 0.25) is 17.8 Å². The molecule has 0 unspecified atom stereocenters. The fourth-order valence-electron chi connectivity index (χ4n) is 3.87. The van der Waals surface area contributed by atoms with Crippen molar-refractivity contribution in [1.82, 2.24) is 19.5 Å². The van der Waals surface area contributed by atoms with Crippen molar-refractivity contribution < 1.29 is 19.1 Å². The van der Waals surface area contributed by atoms with Gasteiger partial charge in [0.25, 0.3) is 0 Å². The summed E-state index contributed by atoms with van der Waals surface area (Å²) >= 11 is 0. The first kappa shape index (κ1) is 23.2. The van der Waals surface area contributed by atoms with Crippen LogP contribution in [0, 0.1) is 0 Å². The maximum atomic E-state index is 12.9. The molecule has 0 saturated carbocycles. The van der Waals surface area contributed by atoms with E-state index in [4.69, 9.17) is 4.74 Å². The van der Waals surface area contributed by atoms with Crippen LogP contribution in [0.4, 0.5) is 16.4 Å². The first-order valence-corrected chi connectivity index (χ1v) is 11.0. The van der Waals surface area contributed by atoms with E-state index in [1.54, 1.807) is 25.3 Å². The van der Waals surface area contributed by atoms with Crippen molar-refractivity contribution in [2.24, 2.45) is 0 Å². The van der Waals surface area contributed by atoms with Gasteiger partial charge in [-0.1, -0.05) is 18.2 Å². The Labute approximate surface area is 197 Å². The lowest BCUT2D eigenvalue weighted by molar-refractivity contribution is -0.132. The van der Waals surface area contributed by atoms with Gasteiger partial charge >= 0.3 is 6.09 Å². The van der Waals surface area contributed by atoms with Gasteiger partial charge < -0.3 is 9.64 Å². The third-order valence-electron chi connectivity index (χ3n) is 5.37. The Hall–Kier alpha value is -3.95. The van der Waals surface area contributed by atoms with Crippen molar-refractivity contribution in [2.45, 2.75) is 45.3 Å². The zero-order valence-corrected chi connectivity index (χ0v) is 19.9. The average Bonchev–Trinajstić information content (AvgIpc) is 3.34. The van der Waals surface area contributed by atoms with E-state index < -0.39 is 29.6 Å². The summed E-state index contributed by atoms with van der Waals surface area (Å²) in [5.74, 6) is -0.890. The SMILES string of the molecule is CN(C)c1ccccc1-c1ccc2nc(NC(=O)[C@H]3CCC(=O)N3C(=O)OC(C)(C)C)nn2c1. The van der Waals surface area contributed by atoms with Gasteiger partial charge in [0, 0.05) is 43.5 Å². The van der Waals surface area contributed by atoms with Gasteiger partial charge in [-0.15, -0.1) is 5.10 Å². The number of nitrogens with one attached hydrogen (secondary N) is 1. The van der Waals surface area contributed by atoms with Crippen molar-refractivity contribution in [1.29, 1.82) is 0 Å². The summed E-state index contributed by atoms with van der Waals surface area (Å²) in [6.07, 6.45) is 1.31. The Kier molecular flexibility index (Phi) is 5.99. The molecular weight excluding hydrogens is 436 g/mol. The number of nitrogens with zero attached hydrogens (tertiary/aromatic N) is 5. The van der Waals surface area contributed by atoms with Crippen LogP contribution < -0.4 is 10.2 Å². The molecule has 1 atom stereocenters. The molecule has 4 rings (SSSR count). The smallest absolute Gasteiger partial charge is 0.417 e. The number of rotatable bonds is 4. The Morgan fingerprint density at radius 1 is 1.15 bits per heavy atom. The molecule has 3 heterocycles. The summed E-state index contributed by atoms with van der Waals surface area (Å²) in [7, 11) is 3.96. The Morgan fingerprint density at radius 3 is 2.59 bits per heavy atom. The number of hydrogen-bond acceptors (Lipinski definition) is 7. The maximum absolute atomic E-state index is 12.9. The molecule has 34 heavy (non-hydrogen) atoms. The summed E-state index contributed by atoms with van der Waals surface area (Å²) < 4.78 is 6.89. The van der Waals surface area contributed by atoms with Gasteiger partial charge in [-0.3, -0.25) is 14.9 Å². The molecule has 1 saturated heterocycles. The highest BCUT2D eigenvalue weighted by atomic mass is 16.6. The summed E-state index contributed by atoms with van der Waals surface area (Å²) in [5, 5.41) is 7.01. The minimum absolute atomic E-state index is 0.0879. The number of ether oxygens (including phenoxy) is 1. The fourth-order valence-corrected chi connectivity index (χ4v) is 3.87. The third-order valence-corrected chi connectivity index (χ3v) is 5.37. The zero-order chi connectivity index (χ0) is 24.6. The van der Waals surface area contributed by atoms with Gasteiger partial charge in [-0.05, 0) is 45.4 Å². The first-order valence-electron chi connectivity index (χ1n) is 11.0. The van der Waals surface area contributed by atoms with E-state index in [1.807, 2.05) is 61.6 Å². The number of carbonyl (C=O) groups is 3. The van der Waals surface area contributed by atoms with Crippen LogP contribution in [-0.2, 0) is 14.3 Å². The number of imide groups is 1. The normalized spacial score (nSPS) is 16.1. The van der Waals surface area contributed by atoms with Gasteiger partial charge in [0.15, 0.2) is 5.65 Å². The second kappa shape index (κ2) is 8.77. The van der Waals surface area contributed by atoms with E-state index in [0.29, 0.717) is 5.65 Å². The molecule has 1 fully saturated rings. The van der Waals surface area contributed by atoms with Crippen molar-refractivity contribution >= 4 is 35.2 Å². The quantitative estimate of drug-likeness (QED) is 0.631. The van der Waals surface area contributed by atoms with E-state index in [-0.39, 0.29) is 18.8 Å². The fraction of sp³-hybridized carbons (Fsp3) is 0.375. The molecule has 1 aromatic carbocycles. The van der Waals surface area contributed by atoms with Gasteiger partial charge in [-0.2, -0.15) is 4.98 Å². The minimum Gasteiger partial charge on any atom is -0.443 e. The summed E-state index contributed by atoms with van der Waals surface area (Å²) in [5.41, 5.74) is 2.80. The lowest BCUT2D eigenvalue weighted by Gasteiger charge is -2.26. The first-order chi connectivity index (χ1) is 16.0. The molecule has 1 aliphatic heterocycles. The number of carbonyl (C=O) groups excluding carboxylic acids is 3. The molecular formula is C24H28N6O4. The monoisotopic (exact) mass is 464 g/mol. The molecule has 0 bridgehead atoms. The number of aromatic nitrogens is 3. The standard InChI is InChI=1S/C24H28N6O4/c1-24(2,3)34-23(33)30-18(11-13-20(30)31)21(32)26-22-25-19-12-10-15(14-29(19)27-22)16-8-6-7-9-17(16)28(4)5/h6-10,12,14,18H,11,13H2,1-5H3,(H,26,27,32)/t18-/m1/s1. The molecule has 178 valence electrons. The van der Waals surface area contributed by atoms with Crippen LogP contribution >= 0.6 is 0 Å². The molecule has 1 N–H and O–H groups in total. The van der Waals surface area contributed by atoms with Gasteiger partial charge in [-0.25, -0.2) is 14.2 Å². The number of benzene rings is 1. The minimum atomic E-state index is -0.975. The van der Waals surface area contributed by atoms with Crippen LogP contribution in [0.25, 0.3) is 16.8 Å². The number of amides is 3. The molecule has 0 aliphatic carbocycles. The van der Waals surface area contributed by atoms with Crippen LogP contribution in [0.1, 0.15) is 33.6 Å². The molecule has 3 amide bonds. The molecule has 10 heteroatoms. The number of para-hydroxylation sites is 1. The molecule has 0 spiro atoms. The molecule has 10 nitrogen and oxygen atoms in total. The summed E-state index contributed by atoms with van der Waals surface area (Å²) in [4.78, 5) is 44.9. The summed E-state index contributed by atoms with van der Waals surface area (Å²) in [6, 6.07) is 10.8. The molecule has 2 aromatic heterocycles. The highest BCUT2D eigenvalue weighted by molar-refractivity contribution is 6.04. The Morgan fingerprint density at radius 2 is 1.88 bits per heavy atom. The topological polar surface area (TPSA) is 109 Å². The largest absolute Gasteiger partial charge is 0.443 e. The van der Waals surface area contributed by atoms with Crippen molar-refractivity contribution in [2.75, 3.05) is 24.3 Å². The van der Waals surface area contributed by atoms with E-state index in [2.05, 4.69) is 15.4 Å². The molecule has 0 radical (unpaired) electrons. The van der Waals surface area contributed by atoms with Crippen molar-refractivity contribution in [3.63, 3.8) is 0 Å². The maximum Gasteiger partial charge on any atom is 0.417 e. The highest BCUT2D eigenvalue weighted by Crippen LogP contribution is 2.30. The Bertz CT molecular complexity index is 1260. The highest BCUT2D eigenvalue weighted by Gasteiger charge is 2.42. The Balaban J connectivity index is 1.55. The van der Waals surface area contributed by atoms with Crippen molar-refractivity contribution in [3.05, 3.63) is 42.6 Å². The number of fused-ring (bicyclic) bond motifs is 1. The number of pyridine rings is 1. The van der Waals surface area contributed by atoms with Gasteiger partial charge in [0.1, 0.15) is 11.6 Å². The van der Waals surface area contributed by atoms with E-state index >= 15 is 0 Å². The molecule has 3 aromatic rings. The lowest BCUT2D eigenvalue weighted by atomic mass is 10.1. The zero-order valence-electron chi connectivity index (χ0n) is 19.9. The van der Waals surface area contributed by atoms with E-state index in [9.17, 15) is 14.4 Å². The molecule has 1 aliphatic rings. The second-order valence-corrected chi connectivity index (χ2v) is 9.36. The third kappa shape index (κ3) is 4.70. The van der Waals surface area contributed by atoms with Crippen LogP contribution in [-0.4, -0.2) is 63.1 Å².